The van der Waals surface area contributed by atoms with Gasteiger partial charge >= 0.3 is 0 Å². The highest BCUT2D eigenvalue weighted by molar-refractivity contribution is 5.80. The number of aliphatic hydroxyl groups is 1. The van der Waals surface area contributed by atoms with Crippen molar-refractivity contribution in [3.05, 3.63) is 75.8 Å². The number of carbonyl (C=O) groups excluding carboxylic acids is 1. The van der Waals surface area contributed by atoms with E-state index in [1.165, 1.54) is 0 Å². The molecule has 1 N–H and O–H groups in total. The predicted octanol–water partition coefficient (Wildman–Crippen LogP) is 3.28. The predicted molar refractivity (Wildman–Crippen MR) is 115 cm³/mol. The molecule has 2 aliphatic rings. The fraction of sp³-hybridized carbons (Fsp3) is 0.458. The van der Waals surface area contributed by atoms with Crippen LogP contribution in [0, 0.1) is 27.9 Å². The summed E-state index contributed by atoms with van der Waals surface area (Å²) in [6.07, 6.45) is 1.19. The van der Waals surface area contributed by atoms with Gasteiger partial charge in [-0.3, -0.25) is 14.9 Å². The van der Waals surface area contributed by atoms with Crippen molar-refractivity contribution >= 4 is 5.91 Å². The Balaban J connectivity index is 1.35. The van der Waals surface area contributed by atoms with Crippen molar-refractivity contribution < 1.29 is 19.6 Å². The molecular weight excluding hydrogens is 396 g/mol. The fourth-order valence-electron chi connectivity index (χ4n) is 5.19. The molecule has 2 fully saturated rings. The van der Waals surface area contributed by atoms with Crippen LogP contribution in [0.25, 0.3) is 0 Å². The summed E-state index contributed by atoms with van der Waals surface area (Å²) in [5.74, 6) is 0.0348. The molecule has 2 aromatic carbocycles. The van der Waals surface area contributed by atoms with Crippen LogP contribution in [0.1, 0.15) is 30.9 Å². The zero-order chi connectivity index (χ0) is 22.0. The molecule has 7 nitrogen and oxygen atoms in total. The lowest BCUT2D eigenvalue weighted by Crippen LogP contribution is -2.48. The van der Waals surface area contributed by atoms with Gasteiger partial charge in [-0.25, -0.2) is 0 Å². The van der Waals surface area contributed by atoms with E-state index in [-0.39, 0.29) is 41.5 Å². The van der Waals surface area contributed by atoms with Crippen LogP contribution in [0.5, 0.6) is 5.75 Å². The summed E-state index contributed by atoms with van der Waals surface area (Å²) < 4.78 is 5.81. The van der Waals surface area contributed by atoms with Gasteiger partial charge in [-0.2, -0.15) is 0 Å². The molecule has 0 aromatic heterocycles. The molecule has 1 aliphatic carbocycles. The molecule has 4 atom stereocenters. The van der Waals surface area contributed by atoms with Gasteiger partial charge in [0.25, 0.3) is 0 Å². The summed E-state index contributed by atoms with van der Waals surface area (Å²) in [6, 6.07) is 17.7. The maximum Gasteiger partial charge on any atom is 0.225 e. The average molecular weight is 424 g/mol. The normalized spacial score (nSPS) is 27.4. The van der Waals surface area contributed by atoms with E-state index in [9.17, 15) is 20.0 Å². The molecule has 1 saturated heterocycles. The first-order valence-corrected chi connectivity index (χ1v) is 10.8. The molecule has 1 aliphatic heterocycles. The largest absolute Gasteiger partial charge is 0.489 e. The number of rotatable bonds is 8. The zero-order valence-electron chi connectivity index (χ0n) is 17.6. The number of likely N-dealkylation sites (tertiary alicyclic amines) is 1. The molecule has 2 aromatic rings. The Kier molecular flexibility index (Phi) is 5.96. The minimum Gasteiger partial charge on any atom is -0.489 e. The van der Waals surface area contributed by atoms with Gasteiger partial charge in [0.15, 0.2) is 0 Å². The first-order chi connectivity index (χ1) is 14.9. The Bertz CT molecular complexity index is 933. The van der Waals surface area contributed by atoms with Crippen molar-refractivity contribution in [1.82, 2.24) is 4.90 Å². The van der Waals surface area contributed by atoms with E-state index in [0.717, 1.165) is 16.9 Å². The van der Waals surface area contributed by atoms with Crippen LogP contribution in [0.4, 0.5) is 0 Å². The monoisotopic (exact) mass is 424 g/mol. The minimum absolute atomic E-state index is 0.0112. The topological polar surface area (TPSA) is 92.9 Å². The van der Waals surface area contributed by atoms with Crippen LogP contribution in [0.3, 0.4) is 0 Å². The lowest BCUT2D eigenvalue weighted by Gasteiger charge is -2.34. The number of amides is 1. The van der Waals surface area contributed by atoms with Crippen LogP contribution < -0.4 is 4.74 Å². The standard InChI is InChI=1S/C24H28N2O5/c1-17-14-24(28)22(21(17)15-26(29)30)13-23(27)25(24)12-11-18-7-9-20(10-8-18)31-16-19-5-3-2-4-6-19/h2-10,17,21-22,28H,11-16H2,1H3/t17-,21+,22-,24?/m0/s1. The molecule has 31 heavy (non-hydrogen) atoms. The van der Waals surface area contributed by atoms with Crippen molar-refractivity contribution in [2.24, 2.45) is 17.8 Å². The molecule has 164 valence electrons. The Morgan fingerprint density at radius 2 is 1.87 bits per heavy atom. The Hall–Kier alpha value is -2.93. The molecule has 1 amide bonds. The highest BCUT2D eigenvalue weighted by Crippen LogP contribution is 2.52. The first kappa shape index (κ1) is 21.3. The van der Waals surface area contributed by atoms with E-state index in [0.29, 0.717) is 26.0 Å². The molecule has 0 bridgehead atoms. The van der Waals surface area contributed by atoms with E-state index < -0.39 is 5.72 Å². The lowest BCUT2D eigenvalue weighted by atomic mass is 9.88. The molecule has 0 spiro atoms. The summed E-state index contributed by atoms with van der Waals surface area (Å²) in [7, 11) is 0. The summed E-state index contributed by atoms with van der Waals surface area (Å²) in [5, 5.41) is 22.3. The SMILES string of the molecule is C[C@H]1CC2(O)[C@@H](CC(=O)N2CCc2ccc(OCc3ccccc3)cc2)[C@@H]1C[N+](=O)[O-]. The summed E-state index contributed by atoms with van der Waals surface area (Å²) in [4.78, 5) is 24.9. The van der Waals surface area contributed by atoms with Crippen LogP contribution in [0.15, 0.2) is 54.6 Å². The van der Waals surface area contributed by atoms with Gasteiger partial charge in [-0.1, -0.05) is 49.4 Å². The average Bonchev–Trinajstić information content (AvgIpc) is 3.12. The lowest BCUT2D eigenvalue weighted by molar-refractivity contribution is -0.491. The molecule has 1 saturated carbocycles. The fourth-order valence-corrected chi connectivity index (χ4v) is 5.19. The van der Waals surface area contributed by atoms with Gasteiger partial charge < -0.3 is 14.7 Å². The van der Waals surface area contributed by atoms with Gasteiger partial charge in [0.05, 0.1) is 0 Å². The van der Waals surface area contributed by atoms with Gasteiger partial charge in [0.1, 0.15) is 18.1 Å². The third-order valence-corrected chi connectivity index (χ3v) is 6.78. The second-order valence-electron chi connectivity index (χ2n) is 8.76. The summed E-state index contributed by atoms with van der Waals surface area (Å²) in [5.41, 5.74) is 0.874. The molecular formula is C24H28N2O5. The maximum absolute atomic E-state index is 12.6. The second-order valence-corrected chi connectivity index (χ2v) is 8.76. The number of ether oxygens (including phenoxy) is 1. The summed E-state index contributed by atoms with van der Waals surface area (Å²) in [6.45, 7) is 2.63. The first-order valence-electron chi connectivity index (χ1n) is 10.8. The van der Waals surface area contributed by atoms with Crippen molar-refractivity contribution in [3.8, 4) is 5.75 Å². The zero-order valence-corrected chi connectivity index (χ0v) is 17.6. The van der Waals surface area contributed by atoms with Gasteiger partial charge in [-0.05, 0) is 42.0 Å². The van der Waals surface area contributed by atoms with E-state index in [2.05, 4.69) is 0 Å². The van der Waals surface area contributed by atoms with E-state index in [1.54, 1.807) is 4.90 Å². The van der Waals surface area contributed by atoms with E-state index in [1.807, 2.05) is 61.5 Å². The quantitative estimate of drug-likeness (QED) is 0.519. The van der Waals surface area contributed by atoms with Crippen molar-refractivity contribution in [2.45, 2.75) is 38.5 Å². The van der Waals surface area contributed by atoms with E-state index in [4.69, 9.17) is 4.74 Å². The number of nitrogens with zero attached hydrogens (tertiary/aromatic N) is 2. The van der Waals surface area contributed by atoms with Crippen molar-refractivity contribution in [2.75, 3.05) is 13.1 Å². The molecule has 0 radical (unpaired) electrons. The maximum atomic E-state index is 12.6. The summed E-state index contributed by atoms with van der Waals surface area (Å²) >= 11 is 0. The van der Waals surface area contributed by atoms with Crippen molar-refractivity contribution in [3.63, 3.8) is 0 Å². The number of benzene rings is 2. The smallest absolute Gasteiger partial charge is 0.225 e. The van der Waals surface area contributed by atoms with Crippen LogP contribution in [-0.4, -0.2) is 39.7 Å². The van der Waals surface area contributed by atoms with Crippen LogP contribution in [0.2, 0.25) is 0 Å². The van der Waals surface area contributed by atoms with Crippen LogP contribution in [-0.2, 0) is 17.8 Å². The Morgan fingerprint density at radius 1 is 1.16 bits per heavy atom. The number of fused-ring (bicyclic) bond motifs is 1. The number of carbonyl (C=O) groups is 1. The molecule has 4 rings (SSSR count). The molecule has 1 unspecified atom stereocenters. The second kappa shape index (κ2) is 8.67. The Labute approximate surface area is 181 Å². The number of nitro groups is 1. The van der Waals surface area contributed by atoms with E-state index >= 15 is 0 Å². The third kappa shape index (κ3) is 4.42. The minimum atomic E-state index is -1.27. The number of hydrogen-bond donors (Lipinski definition) is 1. The van der Waals surface area contributed by atoms with Gasteiger partial charge in [0, 0.05) is 29.7 Å². The van der Waals surface area contributed by atoms with Gasteiger partial charge in [0.2, 0.25) is 12.5 Å². The van der Waals surface area contributed by atoms with Crippen LogP contribution >= 0.6 is 0 Å². The molecule has 7 heteroatoms. The molecule has 1 heterocycles. The highest BCUT2D eigenvalue weighted by atomic mass is 16.6. The van der Waals surface area contributed by atoms with Crippen molar-refractivity contribution in [1.29, 1.82) is 0 Å². The van der Waals surface area contributed by atoms with Gasteiger partial charge in [-0.15, -0.1) is 0 Å². The highest BCUT2D eigenvalue weighted by Gasteiger charge is 2.61. The number of hydrogen-bond acceptors (Lipinski definition) is 5. The third-order valence-electron chi connectivity index (χ3n) is 6.78. The Morgan fingerprint density at radius 3 is 2.55 bits per heavy atom.